The molecule has 0 saturated heterocycles. The molecule has 0 aliphatic heterocycles. The molecule has 0 fully saturated rings. The van der Waals surface area contributed by atoms with Crippen LogP contribution >= 0.6 is 0 Å². The Morgan fingerprint density at radius 2 is 2.15 bits per heavy atom. The van der Waals surface area contributed by atoms with Crippen LogP contribution < -0.4 is 10.6 Å². The van der Waals surface area contributed by atoms with Crippen LogP contribution in [0.15, 0.2) is 47.6 Å². The Morgan fingerprint density at radius 1 is 1.35 bits per heavy atom. The number of nitrogens with one attached hydrogen (secondary N) is 2. The Hall–Kier alpha value is -3.20. The lowest BCUT2D eigenvalue weighted by atomic mass is 10.2. The Kier molecular flexibility index (Phi) is 6.86. The summed E-state index contributed by atoms with van der Waals surface area (Å²) >= 11 is 0. The van der Waals surface area contributed by atoms with Gasteiger partial charge in [-0.3, -0.25) is 4.79 Å². The van der Waals surface area contributed by atoms with Crippen LogP contribution in [0.1, 0.15) is 18.2 Å². The molecule has 0 saturated carbocycles. The second-order valence-corrected chi connectivity index (χ2v) is 5.91. The number of nitrogens with zero attached hydrogens (tertiary/aromatic N) is 3. The number of anilines is 1. The molecule has 0 bridgehead atoms. The number of carbonyl (C=O) groups excluding carboxylic acids is 1. The molecule has 6 heteroatoms. The summed E-state index contributed by atoms with van der Waals surface area (Å²) in [4.78, 5) is 18.6. The van der Waals surface area contributed by atoms with E-state index in [1.165, 1.54) is 0 Å². The number of amides is 1. The van der Waals surface area contributed by atoms with Crippen molar-refractivity contribution < 1.29 is 4.79 Å². The maximum atomic E-state index is 12.2. The molecule has 0 atom stereocenters. The topological polar surface area (TPSA) is 61.7 Å². The van der Waals surface area contributed by atoms with Crippen molar-refractivity contribution in [3.05, 3.63) is 53.9 Å². The first kappa shape index (κ1) is 19.1. The molecule has 136 valence electrons. The summed E-state index contributed by atoms with van der Waals surface area (Å²) in [5, 5.41) is 6.03. The summed E-state index contributed by atoms with van der Waals surface area (Å²) < 4.78 is 2.06. The summed E-state index contributed by atoms with van der Waals surface area (Å²) in [6.45, 7) is 3.45. The molecule has 0 radical (unpaired) electrons. The third-order valence-electron chi connectivity index (χ3n) is 3.83. The number of aromatic nitrogens is 1. The second-order valence-electron chi connectivity index (χ2n) is 5.91. The number of guanidine groups is 1. The normalized spacial score (nSPS) is 10.9. The van der Waals surface area contributed by atoms with Crippen LogP contribution in [0.3, 0.4) is 0 Å². The standard InChI is InChI=1S/C20H25N5O/c1-5-16-9-7-10-17(13-16)23-19(26)14-22-20(21-6-2)25(4)15-18-11-8-12-24(18)3/h1,7-13H,6,14-15H2,2-4H3,(H,21,22)(H,23,26). The van der Waals surface area contributed by atoms with Crippen molar-refractivity contribution in [2.24, 2.45) is 12.0 Å². The van der Waals surface area contributed by atoms with Gasteiger partial charge in [-0.1, -0.05) is 12.0 Å². The van der Waals surface area contributed by atoms with Gasteiger partial charge in [-0.25, -0.2) is 4.99 Å². The minimum Gasteiger partial charge on any atom is -0.357 e. The average molecular weight is 351 g/mol. The number of aryl methyl sites for hydroxylation is 1. The highest BCUT2D eigenvalue weighted by Crippen LogP contribution is 2.09. The molecule has 1 heterocycles. The first-order valence-corrected chi connectivity index (χ1v) is 8.49. The molecule has 1 aromatic carbocycles. The number of hydrogen-bond acceptors (Lipinski definition) is 2. The SMILES string of the molecule is C#Cc1cccc(NC(=O)CN=C(NCC)N(C)Cc2cccn2C)c1. The minimum absolute atomic E-state index is 0.0279. The van der Waals surface area contributed by atoms with Gasteiger partial charge in [-0.15, -0.1) is 6.42 Å². The van der Waals surface area contributed by atoms with Crippen molar-refractivity contribution >= 4 is 17.6 Å². The Labute approximate surface area is 154 Å². The van der Waals surface area contributed by atoms with E-state index in [4.69, 9.17) is 6.42 Å². The van der Waals surface area contributed by atoms with Crippen molar-refractivity contribution in [2.75, 3.05) is 25.5 Å². The zero-order valence-corrected chi connectivity index (χ0v) is 15.5. The summed E-state index contributed by atoms with van der Waals surface area (Å²) in [7, 11) is 3.95. The van der Waals surface area contributed by atoms with Gasteiger partial charge in [0.2, 0.25) is 5.91 Å². The summed E-state index contributed by atoms with van der Waals surface area (Å²) in [5.74, 6) is 3.04. The van der Waals surface area contributed by atoms with Crippen molar-refractivity contribution in [3.8, 4) is 12.3 Å². The van der Waals surface area contributed by atoms with E-state index in [1.807, 2.05) is 50.3 Å². The highest BCUT2D eigenvalue weighted by molar-refractivity contribution is 5.94. The summed E-state index contributed by atoms with van der Waals surface area (Å²) in [6, 6.07) is 11.3. The molecule has 2 aromatic rings. The summed E-state index contributed by atoms with van der Waals surface area (Å²) in [5.41, 5.74) is 2.55. The molecule has 0 spiro atoms. The van der Waals surface area contributed by atoms with E-state index in [9.17, 15) is 4.79 Å². The molecule has 0 aliphatic carbocycles. The predicted molar refractivity (Wildman–Crippen MR) is 106 cm³/mol. The lowest BCUT2D eigenvalue weighted by molar-refractivity contribution is -0.114. The van der Waals surface area contributed by atoms with E-state index < -0.39 is 0 Å². The number of terminal acetylenes is 1. The van der Waals surface area contributed by atoms with Gasteiger partial charge in [0.1, 0.15) is 6.54 Å². The molecular weight excluding hydrogens is 326 g/mol. The lowest BCUT2D eigenvalue weighted by Gasteiger charge is -2.22. The molecule has 2 N–H and O–H groups in total. The van der Waals surface area contributed by atoms with Crippen molar-refractivity contribution in [2.45, 2.75) is 13.5 Å². The van der Waals surface area contributed by atoms with Crippen molar-refractivity contribution in [1.29, 1.82) is 0 Å². The largest absolute Gasteiger partial charge is 0.357 e. The van der Waals surface area contributed by atoms with E-state index in [0.29, 0.717) is 18.2 Å². The van der Waals surface area contributed by atoms with Crippen LogP contribution in [-0.4, -0.2) is 41.5 Å². The highest BCUT2D eigenvalue weighted by atomic mass is 16.1. The number of hydrogen-bond donors (Lipinski definition) is 2. The molecule has 1 aromatic heterocycles. The highest BCUT2D eigenvalue weighted by Gasteiger charge is 2.09. The number of aliphatic imine (C=N–C) groups is 1. The average Bonchev–Trinajstić information content (AvgIpc) is 3.03. The third kappa shape index (κ3) is 5.42. The van der Waals surface area contributed by atoms with Gasteiger partial charge in [0.05, 0.1) is 6.54 Å². The van der Waals surface area contributed by atoms with Gasteiger partial charge < -0.3 is 20.1 Å². The lowest BCUT2D eigenvalue weighted by Crippen LogP contribution is -2.39. The molecule has 26 heavy (non-hydrogen) atoms. The van der Waals surface area contributed by atoms with Gasteiger partial charge >= 0.3 is 0 Å². The molecular formula is C20H25N5O. The summed E-state index contributed by atoms with van der Waals surface area (Å²) in [6.07, 6.45) is 7.39. The maximum Gasteiger partial charge on any atom is 0.246 e. The van der Waals surface area contributed by atoms with Crippen LogP contribution in [-0.2, 0) is 18.4 Å². The smallest absolute Gasteiger partial charge is 0.246 e. The molecule has 0 unspecified atom stereocenters. The minimum atomic E-state index is -0.193. The zero-order chi connectivity index (χ0) is 18.9. The monoisotopic (exact) mass is 351 g/mol. The van der Waals surface area contributed by atoms with Gasteiger partial charge in [-0.2, -0.15) is 0 Å². The van der Waals surface area contributed by atoms with E-state index in [-0.39, 0.29) is 12.5 Å². The Bertz CT molecular complexity index is 816. The van der Waals surface area contributed by atoms with Gasteiger partial charge in [0.25, 0.3) is 0 Å². The fourth-order valence-electron chi connectivity index (χ4n) is 2.48. The van der Waals surface area contributed by atoms with Gasteiger partial charge in [0, 0.05) is 43.8 Å². The number of carbonyl (C=O) groups is 1. The fraction of sp³-hybridized carbons (Fsp3) is 0.300. The first-order valence-electron chi connectivity index (χ1n) is 8.49. The molecule has 6 nitrogen and oxygen atoms in total. The molecule has 2 rings (SSSR count). The second kappa shape index (κ2) is 9.33. The fourth-order valence-corrected chi connectivity index (χ4v) is 2.48. The van der Waals surface area contributed by atoms with Crippen LogP contribution in [0.25, 0.3) is 0 Å². The van der Waals surface area contributed by atoms with E-state index in [1.54, 1.807) is 12.1 Å². The van der Waals surface area contributed by atoms with Crippen LogP contribution in [0.5, 0.6) is 0 Å². The van der Waals surface area contributed by atoms with Gasteiger partial charge in [0.15, 0.2) is 5.96 Å². The van der Waals surface area contributed by atoms with Crippen LogP contribution in [0.2, 0.25) is 0 Å². The van der Waals surface area contributed by atoms with Crippen LogP contribution in [0, 0.1) is 12.3 Å². The van der Waals surface area contributed by atoms with Crippen molar-refractivity contribution in [3.63, 3.8) is 0 Å². The van der Waals surface area contributed by atoms with E-state index >= 15 is 0 Å². The quantitative estimate of drug-likeness (QED) is 0.476. The van der Waals surface area contributed by atoms with Gasteiger partial charge in [-0.05, 0) is 37.3 Å². The zero-order valence-electron chi connectivity index (χ0n) is 15.5. The number of benzene rings is 1. The Morgan fingerprint density at radius 3 is 2.81 bits per heavy atom. The third-order valence-corrected chi connectivity index (χ3v) is 3.83. The van der Waals surface area contributed by atoms with E-state index in [2.05, 4.69) is 32.2 Å². The van der Waals surface area contributed by atoms with Crippen LogP contribution in [0.4, 0.5) is 5.69 Å². The number of rotatable bonds is 6. The molecule has 0 aliphatic rings. The van der Waals surface area contributed by atoms with Crippen molar-refractivity contribution in [1.82, 2.24) is 14.8 Å². The van der Waals surface area contributed by atoms with E-state index in [0.717, 1.165) is 17.8 Å². The Balaban J connectivity index is 1.99. The maximum absolute atomic E-state index is 12.2. The molecule has 1 amide bonds. The predicted octanol–water partition coefficient (Wildman–Crippen LogP) is 2.04. The first-order chi connectivity index (χ1) is 12.5.